The molecular weight excluding hydrogens is 312 g/mol. The molecule has 1 aliphatic rings. The summed E-state index contributed by atoms with van der Waals surface area (Å²) in [6.07, 6.45) is 2.62. The van der Waals surface area contributed by atoms with Gasteiger partial charge >= 0.3 is 5.97 Å². The van der Waals surface area contributed by atoms with E-state index in [1.807, 2.05) is 30.3 Å². The number of para-hydroxylation sites is 2. The summed E-state index contributed by atoms with van der Waals surface area (Å²) < 4.78 is 2.27. The van der Waals surface area contributed by atoms with Gasteiger partial charge in [0.15, 0.2) is 0 Å². The smallest absolute Gasteiger partial charge is 0.332 e. The predicted octanol–water partition coefficient (Wildman–Crippen LogP) is 3.85. The van der Waals surface area contributed by atoms with Crippen molar-refractivity contribution in [3.63, 3.8) is 0 Å². The Morgan fingerprint density at radius 3 is 2.60 bits per heavy atom. The standard InChI is InChI=1S/C21H20N2O2/c24-21(25)17-8-6-12-22(14-17)15-19-13-16-7-4-5-11-20(16)23(19)18-9-2-1-3-10-18/h1-5,7-11,13H,6,12,14-15H2,(H,24,25). The number of benzene rings is 2. The molecule has 0 fully saturated rings. The molecule has 0 aliphatic carbocycles. The number of carbonyl (C=O) groups is 1. The van der Waals surface area contributed by atoms with E-state index in [9.17, 15) is 9.90 Å². The van der Waals surface area contributed by atoms with Gasteiger partial charge in [0.1, 0.15) is 0 Å². The molecule has 4 heteroatoms. The third-order valence-corrected chi connectivity index (χ3v) is 4.69. The van der Waals surface area contributed by atoms with Crippen LogP contribution in [0.15, 0.2) is 72.3 Å². The van der Waals surface area contributed by atoms with Crippen LogP contribution in [0, 0.1) is 0 Å². The van der Waals surface area contributed by atoms with Crippen LogP contribution in [0.3, 0.4) is 0 Å². The molecule has 25 heavy (non-hydrogen) atoms. The van der Waals surface area contributed by atoms with Gasteiger partial charge in [-0.2, -0.15) is 0 Å². The number of hydrogen-bond donors (Lipinski definition) is 1. The lowest BCUT2D eigenvalue weighted by Crippen LogP contribution is -2.32. The van der Waals surface area contributed by atoms with Crippen LogP contribution in [0.25, 0.3) is 16.6 Å². The van der Waals surface area contributed by atoms with Crippen LogP contribution in [0.1, 0.15) is 12.1 Å². The molecule has 1 aromatic heterocycles. The van der Waals surface area contributed by atoms with E-state index >= 15 is 0 Å². The monoisotopic (exact) mass is 332 g/mol. The Kier molecular flexibility index (Phi) is 4.12. The molecule has 0 saturated carbocycles. The van der Waals surface area contributed by atoms with E-state index in [0.29, 0.717) is 12.1 Å². The second-order valence-corrected chi connectivity index (χ2v) is 6.40. The molecule has 0 atom stereocenters. The van der Waals surface area contributed by atoms with E-state index in [4.69, 9.17) is 0 Å². The Balaban J connectivity index is 1.73. The van der Waals surface area contributed by atoms with Gasteiger partial charge in [-0.3, -0.25) is 4.90 Å². The molecule has 2 aromatic carbocycles. The highest BCUT2D eigenvalue weighted by Crippen LogP contribution is 2.26. The number of hydrogen-bond acceptors (Lipinski definition) is 2. The van der Waals surface area contributed by atoms with E-state index in [1.165, 1.54) is 16.6 Å². The van der Waals surface area contributed by atoms with Crippen molar-refractivity contribution in [2.75, 3.05) is 13.1 Å². The summed E-state index contributed by atoms with van der Waals surface area (Å²) in [6.45, 7) is 2.10. The van der Waals surface area contributed by atoms with Gasteiger partial charge in [-0.1, -0.05) is 42.5 Å². The van der Waals surface area contributed by atoms with Crippen molar-refractivity contribution in [3.8, 4) is 5.69 Å². The zero-order chi connectivity index (χ0) is 17.2. The normalized spacial score (nSPS) is 15.3. The van der Waals surface area contributed by atoms with Crippen LogP contribution < -0.4 is 0 Å². The molecule has 1 aliphatic heterocycles. The summed E-state index contributed by atoms with van der Waals surface area (Å²) in [5.41, 5.74) is 3.98. The van der Waals surface area contributed by atoms with Gasteiger partial charge in [0.05, 0.1) is 5.52 Å². The summed E-state index contributed by atoms with van der Waals surface area (Å²) in [7, 11) is 0. The highest BCUT2D eigenvalue weighted by Gasteiger charge is 2.19. The van der Waals surface area contributed by atoms with Crippen molar-refractivity contribution in [1.29, 1.82) is 0 Å². The molecule has 0 spiro atoms. The van der Waals surface area contributed by atoms with E-state index < -0.39 is 5.97 Å². The number of aromatic nitrogens is 1. The summed E-state index contributed by atoms with van der Waals surface area (Å²) in [5.74, 6) is -0.812. The topological polar surface area (TPSA) is 45.5 Å². The number of aliphatic carboxylic acids is 1. The zero-order valence-electron chi connectivity index (χ0n) is 13.9. The Morgan fingerprint density at radius 1 is 1.04 bits per heavy atom. The predicted molar refractivity (Wildman–Crippen MR) is 98.9 cm³/mol. The first kappa shape index (κ1) is 15.7. The molecule has 4 nitrogen and oxygen atoms in total. The molecular formula is C21H20N2O2. The molecule has 0 bridgehead atoms. The summed E-state index contributed by atoms with van der Waals surface area (Å²) >= 11 is 0. The van der Waals surface area contributed by atoms with Gasteiger partial charge in [-0.05, 0) is 30.7 Å². The fourth-order valence-electron chi connectivity index (χ4n) is 3.54. The van der Waals surface area contributed by atoms with Gasteiger partial charge in [-0.25, -0.2) is 4.79 Å². The molecule has 126 valence electrons. The van der Waals surface area contributed by atoms with Gasteiger partial charge < -0.3 is 9.67 Å². The van der Waals surface area contributed by atoms with Gasteiger partial charge in [0.2, 0.25) is 0 Å². The summed E-state index contributed by atoms with van der Waals surface area (Å²) in [5, 5.41) is 10.5. The van der Waals surface area contributed by atoms with Crippen molar-refractivity contribution >= 4 is 16.9 Å². The van der Waals surface area contributed by atoms with Crippen molar-refractivity contribution in [2.24, 2.45) is 0 Å². The van der Waals surface area contributed by atoms with E-state index in [-0.39, 0.29) is 0 Å². The second-order valence-electron chi connectivity index (χ2n) is 6.40. The molecule has 3 aromatic rings. The first-order valence-corrected chi connectivity index (χ1v) is 8.52. The maximum absolute atomic E-state index is 11.3. The third kappa shape index (κ3) is 3.08. The minimum atomic E-state index is -0.812. The molecule has 0 unspecified atom stereocenters. The van der Waals surface area contributed by atoms with Crippen molar-refractivity contribution in [2.45, 2.75) is 13.0 Å². The Bertz CT molecular complexity index is 941. The van der Waals surface area contributed by atoms with Crippen LogP contribution >= 0.6 is 0 Å². The van der Waals surface area contributed by atoms with Crippen LogP contribution in [0.5, 0.6) is 0 Å². The maximum Gasteiger partial charge on any atom is 0.332 e. The van der Waals surface area contributed by atoms with Crippen LogP contribution in [0.2, 0.25) is 0 Å². The summed E-state index contributed by atoms with van der Waals surface area (Å²) in [4.78, 5) is 13.5. The fourth-order valence-corrected chi connectivity index (χ4v) is 3.54. The lowest BCUT2D eigenvalue weighted by molar-refractivity contribution is -0.133. The molecule has 0 radical (unpaired) electrons. The molecule has 4 rings (SSSR count). The maximum atomic E-state index is 11.3. The van der Waals surface area contributed by atoms with Gasteiger partial charge in [-0.15, -0.1) is 0 Å². The number of rotatable bonds is 4. The minimum absolute atomic E-state index is 0.492. The average molecular weight is 332 g/mol. The van der Waals surface area contributed by atoms with E-state index in [1.54, 1.807) is 0 Å². The average Bonchev–Trinajstić information content (AvgIpc) is 3.00. The van der Waals surface area contributed by atoms with Crippen molar-refractivity contribution < 1.29 is 9.90 Å². The first-order valence-electron chi connectivity index (χ1n) is 8.52. The van der Waals surface area contributed by atoms with Crippen molar-refractivity contribution in [1.82, 2.24) is 9.47 Å². The molecule has 1 N–H and O–H groups in total. The SMILES string of the molecule is O=C(O)C1=CCCN(Cc2cc3ccccc3n2-c2ccccc2)C1. The van der Waals surface area contributed by atoms with Crippen LogP contribution in [0.4, 0.5) is 0 Å². The van der Waals surface area contributed by atoms with Crippen LogP contribution in [-0.4, -0.2) is 33.6 Å². The largest absolute Gasteiger partial charge is 0.478 e. The molecule has 0 amide bonds. The Morgan fingerprint density at radius 2 is 1.80 bits per heavy atom. The lowest BCUT2D eigenvalue weighted by atomic mass is 10.1. The number of carboxylic acids is 1. The van der Waals surface area contributed by atoms with E-state index in [2.05, 4.69) is 45.9 Å². The number of fused-ring (bicyclic) bond motifs is 1. The van der Waals surface area contributed by atoms with Crippen molar-refractivity contribution in [3.05, 3.63) is 78.0 Å². The molecule has 2 heterocycles. The highest BCUT2D eigenvalue weighted by atomic mass is 16.4. The Hall–Kier alpha value is -2.85. The Labute approximate surface area is 146 Å². The minimum Gasteiger partial charge on any atom is -0.478 e. The number of carboxylic acid groups (broad SMARTS) is 1. The lowest BCUT2D eigenvalue weighted by Gasteiger charge is -2.26. The fraction of sp³-hybridized carbons (Fsp3) is 0.190. The van der Waals surface area contributed by atoms with E-state index in [0.717, 1.165) is 25.2 Å². The van der Waals surface area contributed by atoms with Gasteiger partial charge in [0.25, 0.3) is 0 Å². The summed E-state index contributed by atoms with van der Waals surface area (Å²) in [6, 6.07) is 20.9. The van der Waals surface area contributed by atoms with Gasteiger partial charge in [0, 0.05) is 42.0 Å². The highest BCUT2D eigenvalue weighted by molar-refractivity contribution is 5.87. The quantitative estimate of drug-likeness (QED) is 0.789. The van der Waals surface area contributed by atoms with Crippen LogP contribution in [-0.2, 0) is 11.3 Å². The third-order valence-electron chi connectivity index (χ3n) is 4.69. The molecule has 0 saturated heterocycles. The number of nitrogens with zero attached hydrogens (tertiary/aromatic N) is 2. The second kappa shape index (κ2) is 6.57. The zero-order valence-corrected chi connectivity index (χ0v) is 13.9. The first-order chi connectivity index (χ1) is 12.2.